The summed E-state index contributed by atoms with van der Waals surface area (Å²) in [5, 5.41) is 2.71. The standard InChI is InChI=1S/C20H24N4.2ClH/c1-2-23-11-10-21-20(23)24-14-12-22(13-15-24)16-18-8-5-7-17-6-3-4-9-19(17)18;;/h3-11H,2,12-16H2,1H3;2*1H. The highest BCUT2D eigenvalue weighted by Crippen LogP contribution is 2.21. The van der Waals surface area contributed by atoms with Crippen molar-refractivity contribution in [3.05, 3.63) is 60.4 Å². The first-order valence-electron chi connectivity index (χ1n) is 8.80. The number of halogens is 2. The van der Waals surface area contributed by atoms with Gasteiger partial charge >= 0.3 is 0 Å². The molecule has 1 saturated heterocycles. The molecule has 0 radical (unpaired) electrons. The molecule has 4 nitrogen and oxygen atoms in total. The van der Waals surface area contributed by atoms with Gasteiger partial charge in [0, 0.05) is 51.7 Å². The van der Waals surface area contributed by atoms with Gasteiger partial charge in [-0.15, -0.1) is 24.8 Å². The maximum absolute atomic E-state index is 4.53. The number of rotatable bonds is 4. The normalized spacial score (nSPS) is 14.7. The molecule has 2 aromatic carbocycles. The van der Waals surface area contributed by atoms with Crippen molar-refractivity contribution in [2.45, 2.75) is 20.0 Å². The van der Waals surface area contributed by atoms with E-state index in [0.29, 0.717) is 0 Å². The lowest BCUT2D eigenvalue weighted by atomic mass is 10.0. The van der Waals surface area contributed by atoms with Crippen LogP contribution in [0.2, 0.25) is 0 Å². The molecule has 0 spiro atoms. The fraction of sp³-hybridized carbons (Fsp3) is 0.350. The Kier molecular flexibility index (Phi) is 7.33. The first-order chi connectivity index (χ1) is 11.8. The predicted molar refractivity (Wildman–Crippen MR) is 114 cm³/mol. The maximum Gasteiger partial charge on any atom is 0.205 e. The summed E-state index contributed by atoms with van der Waals surface area (Å²) in [7, 11) is 0. The van der Waals surface area contributed by atoms with Crippen molar-refractivity contribution in [2.24, 2.45) is 0 Å². The van der Waals surface area contributed by atoms with Gasteiger partial charge in [-0.25, -0.2) is 4.98 Å². The van der Waals surface area contributed by atoms with Gasteiger partial charge in [-0.2, -0.15) is 0 Å². The Morgan fingerprint density at radius 3 is 2.42 bits per heavy atom. The molecule has 1 aliphatic rings. The summed E-state index contributed by atoms with van der Waals surface area (Å²) in [4.78, 5) is 9.49. The Labute approximate surface area is 167 Å². The fourth-order valence-corrected chi connectivity index (χ4v) is 3.61. The molecule has 3 aromatic rings. The van der Waals surface area contributed by atoms with Crippen LogP contribution < -0.4 is 4.90 Å². The first kappa shape index (κ1) is 20.6. The second-order valence-corrected chi connectivity index (χ2v) is 6.41. The maximum atomic E-state index is 4.53. The number of anilines is 1. The third-order valence-corrected chi connectivity index (χ3v) is 4.96. The van der Waals surface area contributed by atoms with E-state index in [2.05, 4.69) is 74.9 Å². The van der Waals surface area contributed by atoms with Crippen molar-refractivity contribution in [3.8, 4) is 0 Å². The van der Waals surface area contributed by atoms with Gasteiger partial charge in [0.15, 0.2) is 0 Å². The minimum absolute atomic E-state index is 0. The van der Waals surface area contributed by atoms with Crippen molar-refractivity contribution >= 4 is 41.5 Å². The molecule has 26 heavy (non-hydrogen) atoms. The molecular weight excluding hydrogens is 367 g/mol. The largest absolute Gasteiger partial charge is 0.340 e. The molecule has 4 rings (SSSR count). The Morgan fingerprint density at radius 1 is 0.923 bits per heavy atom. The molecule has 1 aromatic heterocycles. The van der Waals surface area contributed by atoms with E-state index in [9.17, 15) is 0 Å². The van der Waals surface area contributed by atoms with E-state index in [1.165, 1.54) is 16.3 Å². The molecule has 0 bridgehead atoms. The van der Waals surface area contributed by atoms with Gasteiger partial charge in [0.05, 0.1) is 0 Å². The van der Waals surface area contributed by atoms with Gasteiger partial charge in [-0.1, -0.05) is 42.5 Å². The zero-order valence-corrected chi connectivity index (χ0v) is 16.7. The first-order valence-corrected chi connectivity index (χ1v) is 8.80. The monoisotopic (exact) mass is 392 g/mol. The quantitative estimate of drug-likeness (QED) is 0.663. The number of hydrogen-bond donors (Lipinski definition) is 0. The second kappa shape index (κ2) is 9.26. The molecule has 1 fully saturated rings. The highest BCUT2D eigenvalue weighted by atomic mass is 35.5. The summed E-state index contributed by atoms with van der Waals surface area (Å²) < 4.78 is 2.22. The molecule has 140 valence electrons. The average Bonchev–Trinajstić information content (AvgIpc) is 3.11. The summed E-state index contributed by atoms with van der Waals surface area (Å²) in [6.45, 7) is 8.42. The van der Waals surface area contributed by atoms with Crippen LogP contribution in [0.1, 0.15) is 12.5 Å². The molecule has 0 aliphatic carbocycles. The van der Waals surface area contributed by atoms with Crippen LogP contribution in [0.5, 0.6) is 0 Å². The number of nitrogens with zero attached hydrogens (tertiary/aromatic N) is 4. The Bertz CT molecular complexity index is 820. The molecule has 1 aliphatic heterocycles. The summed E-state index contributed by atoms with van der Waals surface area (Å²) in [5.74, 6) is 1.11. The summed E-state index contributed by atoms with van der Waals surface area (Å²) in [6, 6.07) is 15.3. The second-order valence-electron chi connectivity index (χ2n) is 6.41. The van der Waals surface area contributed by atoms with Crippen LogP contribution in [0.25, 0.3) is 10.8 Å². The van der Waals surface area contributed by atoms with Crippen molar-refractivity contribution in [2.75, 3.05) is 31.1 Å². The third-order valence-electron chi connectivity index (χ3n) is 4.96. The van der Waals surface area contributed by atoms with E-state index in [1.54, 1.807) is 0 Å². The van der Waals surface area contributed by atoms with E-state index in [1.807, 2.05) is 6.20 Å². The summed E-state index contributed by atoms with van der Waals surface area (Å²) >= 11 is 0. The minimum Gasteiger partial charge on any atom is -0.340 e. The molecular formula is C20H26Cl2N4. The number of fused-ring (bicyclic) bond motifs is 1. The predicted octanol–water partition coefficient (Wildman–Crippen LogP) is 4.22. The van der Waals surface area contributed by atoms with E-state index in [-0.39, 0.29) is 24.8 Å². The highest BCUT2D eigenvalue weighted by molar-refractivity contribution is 5.86. The number of aryl methyl sites for hydroxylation is 1. The van der Waals surface area contributed by atoms with Crippen molar-refractivity contribution in [3.63, 3.8) is 0 Å². The Hall–Kier alpha value is -1.75. The molecule has 0 atom stereocenters. The van der Waals surface area contributed by atoms with E-state index in [0.717, 1.165) is 45.2 Å². The zero-order chi connectivity index (χ0) is 16.4. The van der Waals surface area contributed by atoms with Gasteiger partial charge in [0.1, 0.15) is 0 Å². The number of hydrogen-bond acceptors (Lipinski definition) is 3. The number of imidazole rings is 1. The van der Waals surface area contributed by atoms with Gasteiger partial charge in [-0.05, 0) is 23.3 Å². The Morgan fingerprint density at radius 2 is 1.65 bits per heavy atom. The number of benzene rings is 2. The van der Waals surface area contributed by atoms with Crippen molar-refractivity contribution < 1.29 is 0 Å². The highest BCUT2D eigenvalue weighted by Gasteiger charge is 2.20. The molecule has 0 saturated carbocycles. The molecule has 2 heterocycles. The number of piperazine rings is 1. The lowest BCUT2D eigenvalue weighted by Crippen LogP contribution is -2.46. The zero-order valence-electron chi connectivity index (χ0n) is 15.0. The van der Waals surface area contributed by atoms with E-state index < -0.39 is 0 Å². The SMILES string of the molecule is CCn1ccnc1N1CCN(Cc2cccc3ccccc23)CC1.Cl.Cl. The van der Waals surface area contributed by atoms with Crippen LogP contribution in [0.4, 0.5) is 5.95 Å². The third kappa shape index (κ3) is 4.14. The van der Waals surface area contributed by atoms with Gasteiger partial charge in [-0.3, -0.25) is 4.90 Å². The Balaban J connectivity index is 0.00000121. The topological polar surface area (TPSA) is 24.3 Å². The van der Waals surface area contributed by atoms with Crippen LogP contribution in [-0.2, 0) is 13.1 Å². The van der Waals surface area contributed by atoms with E-state index in [4.69, 9.17) is 0 Å². The minimum atomic E-state index is 0. The lowest BCUT2D eigenvalue weighted by Gasteiger charge is -2.35. The van der Waals surface area contributed by atoms with Gasteiger partial charge in [0.2, 0.25) is 5.95 Å². The lowest BCUT2D eigenvalue weighted by molar-refractivity contribution is 0.249. The summed E-state index contributed by atoms with van der Waals surface area (Å²) in [6.07, 6.45) is 3.97. The van der Waals surface area contributed by atoms with Crippen LogP contribution in [0.15, 0.2) is 54.9 Å². The molecule has 0 unspecified atom stereocenters. The molecule has 6 heteroatoms. The fourth-order valence-electron chi connectivity index (χ4n) is 3.61. The smallest absolute Gasteiger partial charge is 0.205 e. The number of aromatic nitrogens is 2. The van der Waals surface area contributed by atoms with Crippen LogP contribution in [0.3, 0.4) is 0 Å². The van der Waals surface area contributed by atoms with Crippen LogP contribution in [-0.4, -0.2) is 40.6 Å². The average molecular weight is 393 g/mol. The summed E-state index contributed by atoms with van der Waals surface area (Å²) in [5.41, 5.74) is 1.43. The molecule has 0 N–H and O–H groups in total. The van der Waals surface area contributed by atoms with Gasteiger partial charge in [0.25, 0.3) is 0 Å². The van der Waals surface area contributed by atoms with Crippen molar-refractivity contribution in [1.29, 1.82) is 0 Å². The molecule has 0 amide bonds. The van der Waals surface area contributed by atoms with Crippen LogP contribution >= 0.6 is 24.8 Å². The van der Waals surface area contributed by atoms with Gasteiger partial charge < -0.3 is 9.47 Å². The van der Waals surface area contributed by atoms with E-state index >= 15 is 0 Å². The van der Waals surface area contributed by atoms with Crippen LogP contribution in [0, 0.1) is 0 Å². The van der Waals surface area contributed by atoms with Crippen molar-refractivity contribution in [1.82, 2.24) is 14.5 Å².